The Hall–Kier alpha value is -0.610. The predicted octanol–water partition coefficient (Wildman–Crippen LogP) is 0.698. The summed E-state index contributed by atoms with van der Waals surface area (Å²) in [5.74, 6) is -0.734. The smallest absolute Gasteiger partial charge is 0.303 e. The standard InChI is InChI=1S/C10H19NO3/c12-8-7-11(9-3-1-4-9)6-2-5-10(13)14/h9,12H,1-8H2,(H,13,14). The second-order valence-corrected chi connectivity index (χ2v) is 3.84. The Labute approximate surface area is 84.5 Å². The van der Waals surface area contributed by atoms with Gasteiger partial charge in [0.15, 0.2) is 0 Å². The molecular formula is C10H19NO3. The predicted molar refractivity (Wildman–Crippen MR) is 53.2 cm³/mol. The van der Waals surface area contributed by atoms with E-state index in [1.165, 1.54) is 19.3 Å². The lowest BCUT2D eigenvalue weighted by molar-refractivity contribution is -0.137. The van der Waals surface area contributed by atoms with Crippen LogP contribution in [-0.4, -0.2) is 46.8 Å². The number of hydrogen-bond acceptors (Lipinski definition) is 3. The van der Waals surface area contributed by atoms with Crippen LogP contribution in [0.15, 0.2) is 0 Å². The van der Waals surface area contributed by atoms with Gasteiger partial charge in [0.05, 0.1) is 6.61 Å². The van der Waals surface area contributed by atoms with Gasteiger partial charge in [-0.25, -0.2) is 0 Å². The van der Waals surface area contributed by atoms with Crippen LogP contribution in [-0.2, 0) is 4.79 Å². The molecule has 1 aliphatic carbocycles. The molecule has 1 aliphatic rings. The van der Waals surface area contributed by atoms with Crippen LogP contribution in [0, 0.1) is 0 Å². The second-order valence-electron chi connectivity index (χ2n) is 3.84. The average molecular weight is 201 g/mol. The van der Waals surface area contributed by atoms with Gasteiger partial charge in [0.25, 0.3) is 0 Å². The van der Waals surface area contributed by atoms with Crippen molar-refractivity contribution in [3.8, 4) is 0 Å². The summed E-state index contributed by atoms with van der Waals surface area (Å²) >= 11 is 0. The summed E-state index contributed by atoms with van der Waals surface area (Å²) in [4.78, 5) is 12.5. The molecule has 0 radical (unpaired) electrons. The van der Waals surface area contributed by atoms with Crippen LogP contribution >= 0.6 is 0 Å². The zero-order valence-corrected chi connectivity index (χ0v) is 8.48. The van der Waals surface area contributed by atoms with Gasteiger partial charge in [-0.3, -0.25) is 9.69 Å². The number of aliphatic hydroxyl groups excluding tert-OH is 1. The van der Waals surface area contributed by atoms with E-state index < -0.39 is 5.97 Å². The molecule has 4 heteroatoms. The molecule has 0 atom stereocenters. The van der Waals surface area contributed by atoms with Gasteiger partial charge in [0.2, 0.25) is 0 Å². The van der Waals surface area contributed by atoms with E-state index in [2.05, 4.69) is 4.90 Å². The molecule has 0 heterocycles. The van der Waals surface area contributed by atoms with Crippen LogP contribution in [0.25, 0.3) is 0 Å². The first-order chi connectivity index (χ1) is 6.74. The highest BCUT2D eigenvalue weighted by molar-refractivity contribution is 5.66. The second kappa shape index (κ2) is 5.98. The first-order valence-corrected chi connectivity index (χ1v) is 5.30. The Kier molecular flexibility index (Phi) is 4.90. The summed E-state index contributed by atoms with van der Waals surface area (Å²) in [5.41, 5.74) is 0. The summed E-state index contributed by atoms with van der Waals surface area (Å²) in [5, 5.41) is 17.4. The van der Waals surface area contributed by atoms with Crippen LogP contribution in [0.2, 0.25) is 0 Å². The Bertz CT molecular complexity index is 180. The summed E-state index contributed by atoms with van der Waals surface area (Å²) in [6, 6.07) is 0.593. The summed E-state index contributed by atoms with van der Waals surface area (Å²) in [7, 11) is 0. The molecule has 0 aliphatic heterocycles. The van der Waals surface area contributed by atoms with Gasteiger partial charge >= 0.3 is 5.97 Å². The molecule has 0 aromatic carbocycles. The number of carboxylic acids is 1. The maximum Gasteiger partial charge on any atom is 0.303 e. The van der Waals surface area contributed by atoms with Crippen LogP contribution in [0.3, 0.4) is 0 Å². The van der Waals surface area contributed by atoms with Crippen molar-refractivity contribution in [2.45, 2.75) is 38.1 Å². The van der Waals surface area contributed by atoms with Crippen molar-refractivity contribution in [2.75, 3.05) is 19.7 Å². The van der Waals surface area contributed by atoms with Crippen molar-refractivity contribution in [3.05, 3.63) is 0 Å². The quantitative estimate of drug-likeness (QED) is 0.636. The molecule has 2 N–H and O–H groups in total. The van der Waals surface area contributed by atoms with Gasteiger partial charge in [-0.2, -0.15) is 0 Å². The molecule has 14 heavy (non-hydrogen) atoms. The van der Waals surface area contributed by atoms with Gasteiger partial charge in [-0.1, -0.05) is 6.42 Å². The van der Waals surface area contributed by atoms with E-state index in [1.54, 1.807) is 0 Å². The van der Waals surface area contributed by atoms with Crippen LogP contribution in [0.4, 0.5) is 0 Å². The van der Waals surface area contributed by atoms with E-state index >= 15 is 0 Å². The van der Waals surface area contributed by atoms with E-state index in [1.807, 2.05) is 0 Å². The Morgan fingerprint density at radius 3 is 2.50 bits per heavy atom. The number of rotatable bonds is 7. The van der Waals surface area contributed by atoms with E-state index in [4.69, 9.17) is 10.2 Å². The Morgan fingerprint density at radius 2 is 2.07 bits per heavy atom. The van der Waals surface area contributed by atoms with E-state index in [0.717, 1.165) is 6.54 Å². The third-order valence-corrected chi connectivity index (χ3v) is 2.81. The van der Waals surface area contributed by atoms with Crippen LogP contribution in [0.1, 0.15) is 32.1 Å². The SMILES string of the molecule is O=C(O)CCCN(CCO)C1CCC1. The minimum absolute atomic E-state index is 0.170. The summed E-state index contributed by atoms with van der Waals surface area (Å²) in [6.45, 7) is 1.66. The van der Waals surface area contributed by atoms with E-state index in [-0.39, 0.29) is 13.0 Å². The monoisotopic (exact) mass is 201 g/mol. The average Bonchev–Trinajstić information content (AvgIpc) is 2.00. The molecule has 0 aromatic rings. The lowest BCUT2D eigenvalue weighted by Gasteiger charge is -2.37. The molecule has 0 bridgehead atoms. The molecule has 1 fully saturated rings. The highest BCUT2D eigenvalue weighted by atomic mass is 16.4. The molecule has 0 unspecified atom stereocenters. The van der Waals surface area contributed by atoms with Crippen molar-refractivity contribution < 1.29 is 15.0 Å². The van der Waals surface area contributed by atoms with Crippen molar-refractivity contribution in [3.63, 3.8) is 0 Å². The zero-order valence-electron chi connectivity index (χ0n) is 8.48. The third kappa shape index (κ3) is 3.64. The number of carbonyl (C=O) groups is 1. The molecule has 0 aromatic heterocycles. The summed E-state index contributed by atoms with van der Waals surface area (Å²) < 4.78 is 0. The Morgan fingerprint density at radius 1 is 1.36 bits per heavy atom. The maximum atomic E-state index is 10.3. The van der Waals surface area contributed by atoms with E-state index in [0.29, 0.717) is 19.0 Å². The van der Waals surface area contributed by atoms with Crippen molar-refractivity contribution >= 4 is 5.97 Å². The largest absolute Gasteiger partial charge is 0.481 e. The van der Waals surface area contributed by atoms with Gasteiger partial charge in [0.1, 0.15) is 0 Å². The maximum absolute atomic E-state index is 10.3. The van der Waals surface area contributed by atoms with Crippen molar-refractivity contribution in [1.29, 1.82) is 0 Å². The first-order valence-electron chi connectivity index (χ1n) is 5.30. The fourth-order valence-electron chi connectivity index (χ4n) is 1.79. The Balaban J connectivity index is 2.17. The molecule has 4 nitrogen and oxygen atoms in total. The normalized spacial score (nSPS) is 17.0. The third-order valence-electron chi connectivity index (χ3n) is 2.81. The molecule has 0 spiro atoms. The minimum Gasteiger partial charge on any atom is -0.481 e. The minimum atomic E-state index is -0.734. The highest BCUT2D eigenvalue weighted by Gasteiger charge is 2.23. The van der Waals surface area contributed by atoms with E-state index in [9.17, 15) is 4.79 Å². The van der Waals surface area contributed by atoms with Crippen LogP contribution in [0.5, 0.6) is 0 Å². The topological polar surface area (TPSA) is 60.8 Å². The molecule has 1 saturated carbocycles. The number of nitrogens with zero attached hydrogens (tertiary/aromatic N) is 1. The first kappa shape index (κ1) is 11.5. The highest BCUT2D eigenvalue weighted by Crippen LogP contribution is 2.24. The lowest BCUT2D eigenvalue weighted by Crippen LogP contribution is -2.42. The van der Waals surface area contributed by atoms with Gasteiger partial charge < -0.3 is 10.2 Å². The van der Waals surface area contributed by atoms with Gasteiger partial charge in [-0.15, -0.1) is 0 Å². The number of aliphatic carboxylic acids is 1. The fraction of sp³-hybridized carbons (Fsp3) is 0.900. The molecule has 0 amide bonds. The van der Waals surface area contributed by atoms with Crippen LogP contribution < -0.4 is 0 Å². The molecule has 0 saturated heterocycles. The molecular weight excluding hydrogens is 182 g/mol. The number of carboxylic acid groups (broad SMARTS) is 1. The fourth-order valence-corrected chi connectivity index (χ4v) is 1.79. The summed E-state index contributed by atoms with van der Waals surface area (Å²) in [6.07, 6.45) is 4.59. The molecule has 1 rings (SSSR count). The number of aliphatic hydroxyl groups is 1. The van der Waals surface area contributed by atoms with Crippen molar-refractivity contribution in [1.82, 2.24) is 4.90 Å². The number of hydrogen-bond donors (Lipinski definition) is 2. The van der Waals surface area contributed by atoms with Crippen molar-refractivity contribution in [2.24, 2.45) is 0 Å². The zero-order chi connectivity index (χ0) is 10.4. The van der Waals surface area contributed by atoms with Gasteiger partial charge in [0, 0.05) is 19.0 Å². The molecule has 82 valence electrons. The van der Waals surface area contributed by atoms with Gasteiger partial charge in [-0.05, 0) is 25.8 Å². The lowest BCUT2D eigenvalue weighted by atomic mass is 9.91.